The highest BCUT2D eigenvalue weighted by Gasteiger charge is 2.37. The number of anilines is 1. The summed E-state index contributed by atoms with van der Waals surface area (Å²) in [5, 5.41) is 4.32. The van der Waals surface area contributed by atoms with Crippen molar-refractivity contribution in [2.75, 3.05) is 24.7 Å². The highest BCUT2D eigenvalue weighted by Crippen LogP contribution is 2.32. The highest BCUT2D eigenvalue weighted by molar-refractivity contribution is 6.20. The number of para-hydroxylation sites is 1. The molecule has 3 rings (SSSR count). The number of oxime groups is 1. The minimum atomic E-state index is -0.545. The number of nitrogens with zero attached hydrogens (tertiary/aromatic N) is 2. The van der Waals surface area contributed by atoms with Crippen LogP contribution in [0.5, 0.6) is 0 Å². The molecule has 0 saturated carbocycles. The molecule has 1 heterocycles. The Balaban J connectivity index is 1.82. The molecule has 6 heteroatoms. The number of carbonyl (C=O) groups excluding carboxylic acids is 1. The standard InChI is InChI=1S/C22H26N2O4/c1-3-26-21(27-4-2)14-24-19-13-9-8-12-18(19)22(20(24)15-25)23-28-16-17-10-6-5-7-11-17/h5-13,15,20-21H,3-4,14,16H2,1-2H3. The lowest BCUT2D eigenvalue weighted by molar-refractivity contribution is -0.130. The summed E-state index contributed by atoms with van der Waals surface area (Å²) in [6, 6.07) is 17.1. The van der Waals surface area contributed by atoms with Crippen LogP contribution < -0.4 is 4.90 Å². The van der Waals surface area contributed by atoms with Gasteiger partial charge in [-0.15, -0.1) is 0 Å². The van der Waals surface area contributed by atoms with Gasteiger partial charge in [-0.25, -0.2) is 0 Å². The van der Waals surface area contributed by atoms with Gasteiger partial charge in [-0.05, 0) is 25.5 Å². The van der Waals surface area contributed by atoms with Gasteiger partial charge in [0.15, 0.2) is 6.29 Å². The second kappa shape index (κ2) is 10.0. The fraction of sp³-hybridized carbons (Fsp3) is 0.364. The van der Waals surface area contributed by atoms with E-state index in [0.29, 0.717) is 32.1 Å². The van der Waals surface area contributed by atoms with Gasteiger partial charge in [0.1, 0.15) is 24.6 Å². The van der Waals surface area contributed by atoms with E-state index in [0.717, 1.165) is 23.1 Å². The number of hydrogen-bond acceptors (Lipinski definition) is 6. The molecule has 28 heavy (non-hydrogen) atoms. The zero-order valence-electron chi connectivity index (χ0n) is 16.3. The summed E-state index contributed by atoms with van der Waals surface area (Å²) in [5.74, 6) is 0. The molecule has 0 aromatic heterocycles. The van der Waals surface area contributed by atoms with Crippen molar-refractivity contribution in [3.8, 4) is 0 Å². The first-order valence-corrected chi connectivity index (χ1v) is 9.56. The number of benzene rings is 2. The van der Waals surface area contributed by atoms with Gasteiger partial charge in [0.25, 0.3) is 0 Å². The monoisotopic (exact) mass is 382 g/mol. The molecule has 0 bridgehead atoms. The number of ether oxygens (including phenoxy) is 2. The second-order valence-electron chi connectivity index (χ2n) is 6.33. The zero-order valence-corrected chi connectivity index (χ0v) is 16.3. The first-order valence-electron chi connectivity index (χ1n) is 9.56. The van der Waals surface area contributed by atoms with Gasteiger partial charge in [0.2, 0.25) is 0 Å². The smallest absolute Gasteiger partial charge is 0.174 e. The van der Waals surface area contributed by atoms with Crippen molar-refractivity contribution < 1.29 is 19.1 Å². The lowest BCUT2D eigenvalue weighted by Crippen LogP contribution is -2.43. The Labute approximate surface area is 165 Å². The van der Waals surface area contributed by atoms with E-state index in [1.165, 1.54) is 0 Å². The fourth-order valence-corrected chi connectivity index (χ4v) is 3.29. The molecular formula is C22H26N2O4. The van der Waals surface area contributed by atoms with Crippen LogP contribution in [0, 0.1) is 0 Å². The van der Waals surface area contributed by atoms with Crippen molar-refractivity contribution in [2.45, 2.75) is 32.8 Å². The maximum atomic E-state index is 12.0. The molecule has 1 aliphatic rings. The van der Waals surface area contributed by atoms with Crippen LogP contribution in [0.3, 0.4) is 0 Å². The van der Waals surface area contributed by atoms with Gasteiger partial charge in [0.05, 0.1) is 6.54 Å². The third-order valence-electron chi connectivity index (χ3n) is 4.52. The molecule has 2 aromatic carbocycles. The van der Waals surface area contributed by atoms with E-state index >= 15 is 0 Å². The topological polar surface area (TPSA) is 60.4 Å². The van der Waals surface area contributed by atoms with Gasteiger partial charge >= 0.3 is 0 Å². The van der Waals surface area contributed by atoms with Crippen LogP contribution >= 0.6 is 0 Å². The second-order valence-corrected chi connectivity index (χ2v) is 6.33. The summed E-state index contributed by atoms with van der Waals surface area (Å²) in [7, 11) is 0. The third kappa shape index (κ3) is 4.58. The van der Waals surface area contributed by atoms with Crippen LogP contribution in [0.25, 0.3) is 0 Å². The molecule has 1 unspecified atom stereocenters. The van der Waals surface area contributed by atoms with Crippen LogP contribution in [-0.4, -0.2) is 44.1 Å². The maximum absolute atomic E-state index is 12.0. The van der Waals surface area contributed by atoms with Crippen molar-refractivity contribution in [2.24, 2.45) is 5.16 Å². The lowest BCUT2D eigenvalue weighted by Gasteiger charge is -2.28. The van der Waals surface area contributed by atoms with E-state index in [9.17, 15) is 4.79 Å². The Morgan fingerprint density at radius 1 is 1.04 bits per heavy atom. The molecule has 148 valence electrons. The van der Waals surface area contributed by atoms with Crippen molar-refractivity contribution in [3.63, 3.8) is 0 Å². The van der Waals surface area contributed by atoms with Gasteiger partial charge in [-0.2, -0.15) is 0 Å². The molecule has 0 saturated heterocycles. The van der Waals surface area contributed by atoms with Crippen LogP contribution in [0.2, 0.25) is 0 Å². The Morgan fingerprint density at radius 3 is 2.39 bits per heavy atom. The Bertz CT molecular complexity index is 788. The SMILES string of the molecule is CCOC(CN1c2ccccc2C(=NOCc2ccccc2)C1C=O)OCC. The van der Waals surface area contributed by atoms with Crippen LogP contribution in [0.15, 0.2) is 59.8 Å². The predicted molar refractivity (Wildman–Crippen MR) is 108 cm³/mol. The Hall–Kier alpha value is -2.70. The van der Waals surface area contributed by atoms with Crippen LogP contribution in [0.1, 0.15) is 25.0 Å². The minimum absolute atomic E-state index is 0.346. The molecule has 1 aliphatic heterocycles. The highest BCUT2D eigenvalue weighted by atomic mass is 16.7. The summed E-state index contributed by atoms with van der Waals surface area (Å²) in [6.45, 7) is 5.69. The van der Waals surface area contributed by atoms with E-state index in [1.54, 1.807) is 0 Å². The molecule has 0 N–H and O–H groups in total. The average molecular weight is 382 g/mol. The molecule has 0 aliphatic carbocycles. The summed E-state index contributed by atoms with van der Waals surface area (Å²) >= 11 is 0. The average Bonchev–Trinajstić information content (AvgIpc) is 3.02. The Kier molecular flexibility index (Phi) is 7.17. The molecule has 1 atom stereocenters. The normalized spacial score (nSPS) is 17.2. The zero-order chi connectivity index (χ0) is 19.8. The van der Waals surface area contributed by atoms with Gasteiger partial charge < -0.3 is 24.0 Å². The summed E-state index contributed by atoms with van der Waals surface area (Å²) in [5.41, 5.74) is 3.43. The summed E-state index contributed by atoms with van der Waals surface area (Å²) < 4.78 is 11.4. The van der Waals surface area contributed by atoms with Gasteiger partial charge in [-0.1, -0.05) is 53.7 Å². The number of aldehydes is 1. The van der Waals surface area contributed by atoms with Crippen molar-refractivity contribution in [1.29, 1.82) is 0 Å². The Morgan fingerprint density at radius 2 is 1.71 bits per heavy atom. The number of hydrogen-bond donors (Lipinski definition) is 0. The van der Waals surface area contributed by atoms with Crippen molar-refractivity contribution in [3.05, 3.63) is 65.7 Å². The van der Waals surface area contributed by atoms with E-state index in [2.05, 4.69) is 5.16 Å². The quantitative estimate of drug-likeness (QED) is 0.358. The van der Waals surface area contributed by atoms with Gasteiger partial charge in [0, 0.05) is 24.5 Å². The van der Waals surface area contributed by atoms with E-state index in [4.69, 9.17) is 14.3 Å². The molecule has 2 aromatic rings. The first kappa shape index (κ1) is 20.0. The maximum Gasteiger partial charge on any atom is 0.174 e. The van der Waals surface area contributed by atoms with E-state index in [-0.39, 0.29) is 0 Å². The molecule has 0 fully saturated rings. The lowest BCUT2D eigenvalue weighted by atomic mass is 10.1. The van der Waals surface area contributed by atoms with Crippen LogP contribution in [0.4, 0.5) is 5.69 Å². The van der Waals surface area contributed by atoms with Crippen molar-refractivity contribution in [1.82, 2.24) is 0 Å². The van der Waals surface area contributed by atoms with Gasteiger partial charge in [-0.3, -0.25) is 0 Å². The predicted octanol–water partition coefficient (Wildman–Crippen LogP) is 3.39. The summed E-state index contributed by atoms with van der Waals surface area (Å²) in [4.78, 5) is 19.5. The number of rotatable bonds is 10. The number of fused-ring (bicyclic) bond motifs is 1. The summed E-state index contributed by atoms with van der Waals surface area (Å²) in [6.07, 6.45) is 0.467. The fourth-order valence-electron chi connectivity index (χ4n) is 3.29. The largest absolute Gasteiger partial charge is 0.391 e. The first-order chi connectivity index (χ1) is 13.8. The van der Waals surface area contributed by atoms with E-state index in [1.807, 2.05) is 73.3 Å². The minimum Gasteiger partial charge on any atom is -0.391 e. The number of carbonyl (C=O) groups is 1. The van der Waals surface area contributed by atoms with Crippen molar-refractivity contribution >= 4 is 17.7 Å². The molecule has 0 spiro atoms. The van der Waals surface area contributed by atoms with Crippen LogP contribution in [-0.2, 0) is 25.7 Å². The van der Waals surface area contributed by atoms with E-state index < -0.39 is 12.3 Å². The molecule has 6 nitrogen and oxygen atoms in total. The molecule has 0 radical (unpaired) electrons. The molecule has 0 amide bonds. The third-order valence-corrected chi connectivity index (χ3v) is 4.52. The molecular weight excluding hydrogens is 356 g/mol.